The van der Waals surface area contributed by atoms with Crippen LogP contribution < -0.4 is 5.32 Å². The highest BCUT2D eigenvalue weighted by atomic mass is 35.5. The third-order valence-corrected chi connectivity index (χ3v) is 3.95. The van der Waals surface area contributed by atoms with Crippen LogP contribution in [0.1, 0.15) is 30.5 Å². The van der Waals surface area contributed by atoms with Crippen molar-refractivity contribution in [2.75, 3.05) is 5.32 Å². The first-order chi connectivity index (χ1) is 11.5. The number of aromatic nitrogens is 2. The van der Waals surface area contributed by atoms with Crippen molar-refractivity contribution in [3.05, 3.63) is 58.9 Å². The molecule has 0 aliphatic carbocycles. The molecule has 1 aromatic carbocycles. The highest BCUT2D eigenvalue weighted by Gasteiger charge is 2.28. The Kier molecular flexibility index (Phi) is 4.57. The first-order valence-corrected chi connectivity index (χ1v) is 7.77. The van der Waals surface area contributed by atoms with E-state index in [-0.39, 0.29) is 29.4 Å². The molecule has 0 saturated carbocycles. The predicted molar refractivity (Wildman–Crippen MR) is 91.0 cm³/mol. The van der Waals surface area contributed by atoms with Gasteiger partial charge in [-0.05, 0) is 29.3 Å². The van der Waals surface area contributed by atoms with Crippen LogP contribution in [0.4, 0.5) is 5.82 Å². The lowest BCUT2D eigenvalue weighted by Gasteiger charge is -2.32. The summed E-state index contributed by atoms with van der Waals surface area (Å²) in [6, 6.07) is 10.5. The zero-order valence-electron chi connectivity index (χ0n) is 12.9. The minimum atomic E-state index is -0.357. The molecule has 0 bridgehead atoms. The predicted octanol–water partition coefficient (Wildman–Crippen LogP) is 3.03. The molecule has 24 heavy (non-hydrogen) atoms. The van der Waals surface area contributed by atoms with Crippen LogP contribution in [0.5, 0.6) is 0 Å². The van der Waals surface area contributed by atoms with Crippen LogP contribution in [0.2, 0.25) is 5.15 Å². The van der Waals surface area contributed by atoms with Crippen LogP contribution >= 0.6 is 11.6 Å². The number of nitrogens with zero attached hydrogens (tertiary/aromatic N) is 3. The SMILES string of the molecule is CC(=O)N1C=Cc2ccccc2C1CC(=O)Nc1ccc(Cl)nn1. The molecule has 3 rings (SSSR count). The molecule has 0 radical (unpaired) electrons. The summed E-state index contributed by atoms with van der Waals surface area (Å²) in [5.41, 5.74) is 1.94. The molecule has 1 unspecified atom stereocenters. The molecular weight excluding hydrogens is 328 g/mol. The van der Waals surface area contributed by atoms with Crippen LogP contribution in [-0.4, -0.2) is 26.9 Å². The fraction of sp³-hybridized carbons (Fsp3) is 0.176. The largest absolute Gasteiger partial charge is 0.311 e. The Labute approximate surface area is 144 Å². The van der Waals surface area contributed by atoms with Gasteiger partial charge in [0.05, 0.1) is 12.5 Å². The fourth-order valence-corrected chi connectivity index (χ4v) is 2.77. The number of anilines is 1. The van der Waals surface area contributed by atoms with E-state index in [4.69, 9.17) is 11.6 Å². The highest BCUT2D eigenvalue weighted by Crippen LogP contribution is 2.32. The van der Waals surface area contributed by atoms with Gasteiger partial charge in [0.15, 0.2) is 11.0 Å². The molecular formula is C17H15ClN4O2. The van der Waals surface area contributed by atoms with E-state index in [1.54, 1.807) is 23.2 Å². The van der Waals surface area contributed by atoms with Crippen molar-refractivity contribution in [2.24, 2.45) is 0 Å². The molecule has 1 atom stereocenters. The maximum Gasteiger partial charge on any atom is 0.228 e. The third-order valence-electron chi connectivity index (χ3n) is 3.75. The number of hydrogen-bond donors (Lipinski definition) is 1. The Balaban J connectivity index is 1.80. The van der Waals surface area contributed by atoms with Crippen molar-refractivity contribution in [2.45, 2.75) is 19.4 Å². The molecule has 2 aromatic rings. The van der Waals surface area contributed by atoms with E-state index in [1.807, 2.05) is 30.3 Å². The molecule has 0 saturated heterocycles. The zero-order valence-corrected chi connectivity index (χ0v) is 13.7. The smallest absolute Gasteiger partial charge is 0.228 e. The number of hydrogen-bond acceptors (Lipinski definition) is 4. The number of carbonyl (C=O) groups excluding carboxylic acids is 2. The van der Waals surface area contributed by atoms with E-state index in [2.05, 4.69) is 15.5 Å². The third kappa shape index (κ3) is 3.44. The van der Waals surface area contributed by atoms with Crippen LogP contribution in [0, 0.1) is 0 Å². The lowest BCUT2D eigenvalue weighted by molar-refractivity contribution is -0.129. The average Bonchev–Trinajstić information content (AvgIpc) is 2.57. The second-order valence-electron chi connectivity index (χ2n) is 5.38. The lowest BCUT2D eigenvalue weighted by Crippen LogP contribution is -2.33. The van der Waals surface area contributed by atoms with E-state index in [1.165, 1.54) is 6.92 Å². The van der Waals surface area contributed by atoms with Gasteiger partial charge in [-0.2, -0.15) is 0 Å². The first kappa shape index (κ1) is 16.1. The van der Waals surface area contributed by atoms with Gasteiger partial charge in [-0.1, -0.05) is 35.9 Å². The van der Waals surface area contributed by atoms with E-state index in [9.17, 15) is 9.59 Å². The van der Waals surface area contributed by atoms with Crippen molar-refractivity contribution in [1.29, 1.82) is 0 Å². The molecule has 6 nitrogen and oxygen atoms in total. The molecule has 1 N–H and O–H groups in total. The number of benzene rings is 1. The number of fused-ring (bicyclic) bond motifs is 1. The maximum atomic E-state index is 12.4. The van der Waals surface area contributed by atoms with Gasteiger partial charge in [0.25, 0.3) is 0 Å². The van der Waals surface area contributed by atoms with E-state index < -0.39 is 0 Å². The lowest BCUT2D eigenvalue weighted by atomic mass is 9.93. The molecule has 2 heterocycles. The Morgan fingerprint density at radius 2 is 2.00 bits per heavy atom. The molecule has 0 spiro atoms. The van der Waals surface area contributed by atoms with Crippen LogP contribution in [0.25, 0.3) is 6.08 Å². The van der Waals surface area contributed by atoms with Crippen LogP contribution in [0.15, 0.2) is 42.6 Å². The number of carbonyl (C=O) groups is 2. The summed E-state index contributed by atoms with van der Waals surface area (Å²) >= 11 is 5.68. The molecule has 1 aliphatic heterocycles. The van der Waals surface area contributed by atoms with Gasteiger partial charge >= 0.3 is 0 Å². The summed E-state index contributed by atoms with van der Waals surface area (Å²) in [6.07, 6.45) is 3.70. The zero-order chi connectivity index (χ0) is 17.1. The van der Waals surface area contributed by atoms with Gasteiger partial charge in [0.2, 0.25) is 11.8 Å². The molecule has 1 aliphatic rings. The van der Waals surface area contributed by atoms with E-state index in [0.717, 1.165) is 11.1 Å². The van der Waals surface area contributed by atoms with Gasteiger partial charge in [-0.15, -0.1) is 10.2 Å². The van der Waals surface area contributed by atoms with E-state index >= 15 is 0 Å². The summed E-state index contributed by atoms with van der Waals surface area (Å²) < 4.78 is 0. The molecule has 122 valence electrons. The Morgan fingerprint density at radius 3 is 2.71 bits per heavy atom. The number of amides is 2. The Bertz CT molecular complexity index is 804. The normalized spacial score (nSPS) is 15.8. The summed E-state index contributed by atoms with van der Waals surface area (Å²) in [5.74, 6) is -0.0591. The Morgan fingerprint density at radius 1 is 1.21 bits per heavy atom. The second kappa shape index (κ2) is 6.80. The molecule has 2 amide bonds. The van der Waals surface area contributed by atoms with Crippen molar-refractivity contribution in [3.8, 4) is 0 Å². The van der Waals surface area contributed by atoms with Gasteiger partial charge in [-0.25, -0.2) is 0 Å². The standard InChI is InChI=1S/C17H15ClN4O2/c1-11(23)22-9-8-12-4-2-3-5-13(12)14(22)10-17(24)19-16-7-6-15(18)20-21-16/h2-9,14H,10H2,1H3,(H,19,21,24). The van der Waals surface area contributed by atoms with Crippen molar-refractivity contribution >= 4 is 35.3 Å². The number of nitrogens with one attached hydrogen (secondary N) is 1. The van der Waals surface area contributed by atoms with Crippen LogP contribution in [0.3, 0.4) is 0 Å². The maximum absolute atomic E-state index is 12.4. The van der Waals surface area contributed by atoms with Gasteiger partial charge in [0.1, 0.15) is 0 Å². The summed E-state index contributed by atoms with van der Waals surface area (Å²) in [4.78, 5) is 25.8. The van der Waals surface area contributed by atoms with Crippen molar-refractivity contribution in [1.82, 2.24) is 15.1 Å². The van der Waals surface area contributed by atoms with Gasteiger partial charge in [0, 0.05) is 13.1 Å². The number of rotatable bonds is 3. The average molecular weight is 343 g/mol. The minimum Gasteiger partial charge on any atom is -0.311 e. The highest BCUT2D eigenvalue weighted by molar-refractivity contribution is 6.29. The second-order valence-corrected chi connectivity index (χ2v) is 5.77. The monoisotopic (exact) mass is 342 g/mol. The summed E-state index contributed by atoms with van der Waals surface area (Å²) in [7, 11) is 0. The molecule has 0 fully saturated rings. The topological polar surface area (TPSA) is 75.2 Å². The molecule has 1 aromatic heterocycles. The van der Waals surface area contributed by atoms with Crippen molar-refractivity contribution < 1.29 is 9.59 Å². The number of halogens is 1. The van der Waals surface area contributed by atoms with Crippen molar-refractivity contribution in [3.63, 3.8) is 0 Å². The quantitative estimate of drug-likeness (QED) is 0.930. The summed E-state index contributed by atoms with van der Waals surface area (Å²) in [5, 5.41) is 10.4. The van der Waals surface area contributed by atoms with Crippen LogP contribution in [-0.2, 0) is 9.59 Å². The van der Waals surface area contributed by atoms with Gasteiger partial charge in [-0.3, -0.25) is 9.59 Å². The molecule has 7 heteroatoms. The minimum absolute atomic E-state index is 0.116. The Hall–Kier alpha value is -2.73. The van der Waals surface area contributed by atoms with Gasteiger partial charge < -0.3 is 10.2 Å². The fourth-order valence-electron chi connectivity index (χ4n) is 2.67. The van der Waals surface area contributed by atoms with E-state index in [0.29, 0.717) is 5.82 Å². The summed E-state index contributed by atoms with van der Waals surface area (Å²) in [6.45, 7) is 1.48. The first-order valence-electron chi connectivity index (χ1n) is 7.39.